The van der Waals surface area contributed by atoms with Crippen LogP contribution in [0.1, 0.15) is 11.1 Å². The zero-order valence-corrected chi connectivity index (χ0v) is 11.6. The minimum absolute atomic E-state index is 0.0585. The van der Waals surface area contributed by atoms with Crippen LogP contribution in [-0.2, 0) is 13.2 Å². The van der Waals surface area contributed by atoms with Gasteiger partial charge in [-0.15, -0.1) is 5.10 Å². The van der Waals surface area contributed by atoms with Gasteiger partial charge in [0.15, 0.2) is 5.65 Å². The summed E-state index contributed by atoms with van der Waals surface area (Å²) in [5, 5.41) is 13.5. The maximum absolute atomic E-state index is 12.3. The molecule has 2 heterocycles. The molecule has 2 aromatic heterocycles. The molecular weight excluding hydrogens is 270 g/mol. The third kappa shape index (κ3) is 2.41. The van der Waals surface area contributed by atoms with Crippen molar-refractivity contribution in [3.8, 4) is 5.75 Å². The quantitative estimate of drug-likeness (QED) is 0.778. The number of benzene rings is 1. The van der Waals surface area contributed by atoms with Gasteiger partial charge in [0.25, 0.3) is 0 Å². The van der Waals surface area contributed by atoms with Gasteiger partial charge in [0.05, 0.1) is 20.3 Å². The Morgan fingerprint density at radius 3 is 2.86 bits per heavy atom. The third-order valence-corrected chi connectivity index (χ3v) is 3.34. The minimum Gasteiger partial charge on any atom is -0.496 e. The van der Waals surface area contributed by atoms with Crippen molar-refractivity contribution in [3.05, 3.63) is 64.2 Å². The number of hydrogen-bond acceptors (Lipinski definition) is 4. The molecule has 0 unspecified atom stereocenters. The van der Waals surface area contributed by atoms with Crippen LogP contribution >= 0.6 is 0 Å². The molecule has 6 nitrogen and oxygen atoms in total. The van der Waals surface area contributed by atoms with E-state index in [9.17, 15) is 9.90 Å². The highest BCUT2D eigenvalue weighted by atomic mass is 16.5. The molecule has 0 saturated heterocycles. The SMILES string of the molecule is COc1ccc(CO)cc1Cn1nc2ccccn2c1=O. The molecule has 0 aliphatic carbocycles. The molecule has 0 aliphatic rings. The van der Waals surface area contributed by atoms with Crippen molar-refractivity contribution < 1.29 is 9.84 Å². The summed E-state index contributed by atoms with van der Waals surface area (Å²) in [5.74, 6) is 0.663. The Labute approximate surface area is 120 Å². The first-order valence-corrected chi connectivity index (χ1v) is 6.54. The molecule has 1 aromatic carbocycles. The van der Waals surface area contributed by atoms with Gasteiger partial charge < -0.3 is 9.84 Å². The highest BCUT2D eigenvalue weighted by Crippen LogP contribution is 2.20. The van der Waals surface area contributed by atoms with Crippen LogP contribution in [0.15, 0.2) is 47.4 Å². The average Bonchev–Trinajstić information content (AvgIpc) is 2.84. The molecule has 1 N–H and O–H groups in total. The Balaban J connectivity index is 2.06. The summed E-state index contributed by atoms with van der Waals surface area (Å²) < 4.78 is 8.17. The van der Waals surface area contributed by atoms with E-state index in [-0.39, 0.29) is 18.8 Å². The Bertz CT molecular complexity index is 836. The van der Waals surface area contributed by atoms with Crippen molar-refractivity contribution in [3.63, 3.8) is 0 Å². The lowest BCUT2D eigenvalue weighted by atomic mass is 10.1. The van der Waals surface area contributed by atoms with Crippen LogP contribution in [0.4, 0.5) is 0 Å². The lowest BCUT2D eigenvalue weighted by molar-refractivity contribution is 0.281. The van der Waals surface area contributed by atoms with E-state index in [0.29, 0.717) is 11.4 Å². The standard InChI is InChI=1S/C15H15N3O3/c1-21-13-6-5-11(10-19)8-12(13)9-18-15(20)17-7-3-2-4-14(17)16-18/h2-8,19H,9-10H2,1H3. The largest absolute Gasteiger partial charge is 0.496 e. The summed E-state index contributed by atoms with van der Waals surface area (Å²) in [6.45, 7) is 0.231. The van der Waals surface area contributed by atoms with Gasteiger partial charge in [0.1, 0.15) is 5.75 Å². The molecule has 108 valence electrons. The van der Waals surface area contributed by atoms with E-state index in [0.717, 1.165) is 11.1 Å². The fourth-order valence-corrected chi connectivity index (χ4v) is 2.29. The lowest BCUT2D eigenvalue weighted by Gasteiger charge is -2.09. The molecule has 3 aromatic rings. The van der Waals surface area contributed by atoms with Crippen LogP contribution in [0, 0.1) is 0 Å². The lowest BCUT2D eigenvalue weighted by Crippen LogP contribution is -2.21. The Morgan fingerprint density at radius 2 is 2.14 bits per heavy atom. The Kier molecular flexibility index (Phi) is 3.45. The molecule has 0 atom stereocenters. The summed E-state index contributed by atoms with van der Waals surface area (Å²) in [7, 11) is 1.57. The molecule has 3 rings (SSSR count). The molecule has 0 spiro atoms. The van der Waals surface area contributed by atoms with Crippen molar-refractivity contribution in [1.82, 2.24) is 14.2 Å². The topological polar surface area (TPSA) is 68.8 Å². The number of hydrogen-bond donors (Lipinski definition) is 1. The number of aliphatic hydroxyl groups is 1. The number of pyridine rings is 1. The fraction of sp³-hybridized carbons (Fsp3) is 0.200. The number of fused-ring (bicyclic) bond motifs is 1. The van der Waals surface area contributed by atoms with Gasteiger partial charge in [-0.25, -0.2) is 9.48 Å². The van der Waals surface area contributed by atoms with Crippen molar-refractivity contribution in [1.29, 1.82) is 0 Å². The second-order valence-electron chi connectivity index (χ2n) is 4.67. The van der Waals surface area contributed by atoms with E-state index in [1.807, 2.05) is 12.1 Å². The normalized spacial score (nSPS) is 11.0. The number of ether oxygens (including phenoxy) is 1. The maximum atomic E-state index is 12.3. The van der Waals surface area contributed by atoms with E-state index in [2.05, 4.69) is 5.10 Å². The molecule has 0 saturated carbocycles. The molecule has 0 amide bonds. The van der Waals surface area contributed by atoms with Crippen LogP contribution in [-0.4, -0.2) is 26.4 Å². The zero-order chi connectivity index (χ0) is 14.8. The molecule has 0 fully saturated rings. The van der Waals surface area contributed by atoms with E-state index in [1.54, 1.807) is 37.6 Å². The molecular formula is C15H15N3O3. The number of rotatable bonds is 4. The van der Waals surface area contributed by atoms with Crippen molar-refractivity contribution in [2.24, 2.45) is 0 Å². The maximum Gasteiger partial charge on any atom is 0.350 e. The first-order chi connectivity index (χ1) is 10.2. The fourth-order valence-electron chi connectivity index (χ4n) is 2.29. The van der Waals surface area contributed by atoms with E-state index >= 15 is 0 Å². The third-order valence-electron chi connectivity index (χ3n) is 3.34. The van der Waals surface area contributed by atoms with Crippen molar-refractivity contribution in [2.45, 2.75) is 13.2 Å². The molecule has 0 aliphatic heterocycles. The highest BCUT2D eigenvalue weighted by molar-refractivity contribution is 5.38. The van der Waals surface area contributed by atoms with Gasteiger partial charge in [0.2, 0.25) is 0 Å². The summed E-state index contributed by atoms with van der Waals surface area (Å²) >= 11 is 0. The van der Waals surface area contributed by atoms with Crippen LogP contribution < -0.4 is 10.4 Å². The van der Waals surface area contributed by atoms with E-state index in [4.69, 9.17) is 4.74 Å². The second-order valence-corrected chi connectivity index (χ2v) is 4.67. The predicted molar refractivity (Wildman–Crippen MR) is 77.5 cm³/mol. The van der Waals surface area contributed by atoms with Crippen LogP contribution in [0.25, 0.3) is 5.65 Å². The van der Waals surface area contributed by atoms with Gasteiger partial charge >= 0.3 is 5.69 Å². The number of aliphatic hydroxyl groups excluding tert-OH is 1. The smallest absolute Gasteiger partial charge is 0.350 e. The summed E-state index contributed by atoms with van der Waals surface area (Å²) in [4.78, 5) is 12.3. The van der Waals surface area contributed by atoms with Gasteiger partial charge in [0, 0.05) is 11.8 Å². The molecule has 21 heavy (non-hydrogen) atoms. The molecule has 6 heteroatoms. The van der Waals surface area contributed by atoms with Crippen molar-refractivity contribution >= 4 is 5.65 Å². The van der Waals surface area contributed by atoms with E-state index < -0.39 is 0 Å². The summed E-state index contributed by atoms with van der Waals surface area (Å²) in [6.07, 6.45) is 1.68. The number of methoxy groups -OCH3 is 1. The molecule has 0 bridgehead atoms. The number of aromatic nitrogens is 3. The van der Waals surface area contributed by atoms with Gasteiger partial charge in [-0.2, -0.15) is 0 Å². The summed E-state index contributed by atoms with van der Waals surface area (Å²) in [5.41, 5.74) is 1.96. The Morgan fingerprint density at radius 1 is 1.29 bits per heavy atom. The van der Waals surface area contributed by atoms with Gasteiger partial charge in [-0.05, 0) is 29.8 Å². The van der Waals surface area contributed by atoms with Gasteiger partial charge in [-0.1, -0.05) is 12.1 Å². The zero-order valence-electron chi connectivity index (χ0n) is 11.6. The first kappa shape index (κ1) is 13.4. The molecule has 0 radical (unpaired) electrons. The highest BCUT2D eigenvalue weighted by Gasteiger charge is 2.10. The average molecular weight is 285 g/mol. The Hall–Kier alpha value is -2.60. The van der Waals surface area contributed by atoms with Crippen LogP contribution in [0.5, 0.6) is 5.75 Å². The van der Waals surface area contributed by atoms with Crippen molar-refractivity contribution in [2.75, 3.05) is 7.11 Å². The number of nitrogens with zero attached hydrogens (tertiary/aromatic N) is 3. The monoisotopic (exact) mass is 285 g/mol. The second kappa shape index (κ2) is 5.41. The van der Waals surface area contributed by atoms with Gasteiger partial charge in [-0.3, -0.25) is 4.40 Å². The first-order valence-electron chi connectivity index (χ1n) is 6.54. The van der Waals surface area contributed by atoms with Crippen LogP contribution in [0.3, 0.4) is 0 Å². The predicted octanol–water partition coefficient (Wildman–Crippen LogP) is 1.05. The minimum atomic E-state index is -0.206. The van der Waals surface area contributed by atoms with E-state index in [1.165, 1.54) is 9.08 Å². The van der Waals surface area contributed by atoms with Crippen LogP contribution in [0.2, 0.25) is 0 Å². The summed E-state index contributed by atoms with van der Waals surface area (Å²) in [6, 6.07) is 10.8.